The summed E-state index contributed by atoms with van der Waals surface area (Å²) in [6.07, 6.45) is 0. The third kappa shape index (κ3) is 7.81. The second-order valence-electron chi connectivity index (χ2n) is 9.03. The van der Waals surface area contributed by atoms with Crippen molar-refractivity contribution in [3.63, 3.8) is 0 Å². The van der Waals surface area contributed by atoms with Crippen molar-refractivity contribution >= 4 is 51.2 Å². The fraction of sp³-hybridized carbons (Fsp3) is 0.478. The molecule has 2 saturated heterocycles. The quantitative estimate of drug-likeness (QED) is 0.249. The summed E-state index contributed by atoms with van der Waals surface area (Å²) in [5.74, 6) is 1.99. The normalized spacial score (nSPS) is 16.1. The van der Waals surface area contributed by atoms with Gasteiger partial charge in [-0.25, -0.2) is 0 Å². The van der Waals surface area contributed by atoms with E-state index < -0.39 is 15.9 Å². The highest BCUT2D eigenvalue weighted by Crippen LogP contribution is 2.23. The van der Waals surface area contributed by atoms with E-state index in [0.29, 0.717) is 82.0 Å². The van der Waals surface area contributed by atoms with Gasteiger partial charge in [0.2, 0.25) is 29.7 Å². The molecule has 2 aliphatic heterocycles. The van der Waals surface area contributed by atoms with Crippen LogP contribution in [0.5, 0.6) is 0 Å². The molecule has 3 aromatic rings. The molecule has 4 N–H and O–H groups in total. The summed E-state index contributed by atoms with van der Waals surface area (Å²) in [4.78, 5) is 30.9. The van der Waals surface area contributed by atoms with Gasteiger partial charge >= 0.3 is 0 Å². The monoisotopic (exact) mass is 573 g/mol. The number of nitrogens with one attached hydrogen (secondary N) is 3. The molecule has 17 heteroatoms. The minimum absolute atomic E-state index is 0.0674. The zero-order chi connectivity index (χ0) is 28.0. The third-order valence-corrected chi connectivity index (χ3v) is 6.68. The summed E-state index contributed by atoms with van der Waals surface area (Å²) in [6.45, 7) is 6.73. The summed E-state index contributed by atoms with van der Waals surface area (Å²) in [5.41, 5.74) is 1.42. The van der Waals surface area contributed by atoms with Gasteiger partial charge in [-0.15, -0.1) is 0 Å². The van der Waals surface area contributed by atoms with Crippen LogP contribution in [0.1, 0.15) is 5.82 Å². The molecule has 5 rings (SSSR count). The molecule has 0 unspecified atom stereocenters. The topological polar surface area (TPSA) is 193 Å². The maximum absolute atomic E-state index is 11.1. The molecular formula is C23H31N11O5S. The molecule has 0 atom stereocenters. The number of aromatic nitrogens is 6. The predicted octanol–water partition coefficient (Wildman–Crippen LogP) is 0.825. The van der Waals surface area contributed by atoms with Crippen LogP contribution < -0.4 is 25.8 Å². The SMILES string of the molecule is Cc1nc(Nc2cccc(Nc3nc(NCCS(=O)(=O)O)nc(N4CCOCC4)n3)c2)nc(N2CCOCC2)n1. The number of morpholine rings is 2. The Bertz CT molecular complexity index is 1420. The largest absolute Gasteiger partial charge is 0.378 e. The van der Waals surface area contributed by atoms with Gasteiger partial charge in [0.15, 0.2) is 0 Å². The molecule has 2 fully saturated rings. The van der Waals surface area contributed by atoms with Crippen molar-refractivity contribution in [3.8, 4) is 0 Å². The number of hydrogen-bond acceptors (Lipinski definition) is 15. The third-order valence-electron chi connectivity index (χ3n) is 5.96. The van der Waals surface area contributed by atoms with Crippen LogP contribution in [0.4, 0.5) is 41.1 Å². The van der Waals surface area contributed by atoms with Gasteiger partial charge in [-0.05, 0) is 25.1 Å². The minimum Gasteiger partial charge on any atom is -0.378 e. The molecule has 1 aromatic carbocycles. The van der Waals surface area contributed by atoms with E-state index in [1.807, 2.05) is 36.1 Å². The number of hydrogen-bond donors (Lipinski definition) is 4. The van der Waals surface area contributed by atoms with E-state index in [9.17, 15) is 8.42 Å². The Labute approximate surface area is 231 Å². The summed E-state index contributed by atoms with van der Waals surface area (Å²) in [7, 11) is -4.13. The fourth-order valence-corrected chi connectivity index (χ4v) is 4.42. The maximum Gasteiger partial charge on any atom is 0.266 e. The van der Waals surface area contributed by atoms with Crippen molar-refractivity contribution in [2.75, 3.05) is 90.7 Å². The van der Waals surface area contributed by atoms with Gasteiger partial charge < -0.3 is 35.2 Å². The maximum atomic E-state index is 11.1. The van der Waals surface area contributed by atoms with Crippen LogP contribution in [0.25, 0.3) is 0 Å². The van der Waals surface area contributed by atoms with E-state index in [-0.39, 0.29) is 18.4 Å². The molecule has 0 saturated carbocycles. The molecule has 40 heavy (non-hydrogen) atoms. The van der Waals surface area contributed by atoms with Gasteiger partial charge in [0.1, 0.15) is 5.82 Å². The number of ether oxygens (including phenoxy) is 2. The Morgan fingerprint density at radius 2 is 1.32 bits per heavy atom. The van der Waals surface area contributed by atoms with Gasteiger partial charge in [-0.1, -0.05) is 6.07 Å². The van der Waals surface area contributed by atoms with Crippen LogP contribution in [0.15, 0.2) is 24.3 Å². The lowest BCUT2D eigenvalue weighted by Crippen LogP contribution is -2.37. The van der Waals surface area contributed by atoms with Gasteiger partial charge in [-0.2, -0.15) is 38.3 Å². The molecule has 16 nitrogen and oxygen atoms in total. The minimum atomic E-state index is -4.13. The van der Waals surface area contributed by atoms with Crippen molar-refractivity contribution < 1.29 is 22.4 Å². The molecule has 2 aliphatic rings. The van der Waals surface area contributed by atoms with Crippen LogP contribution in [0.3, 0.4) is 0 Å². The molecule has 214 valence electrons. The van der Waals surface area contributed by atoms with Crippen molar-refractivity contribution in [3.05, 3.63) is 30.1 Å². The van der Waals surface area contributed by atoms with Crippen molar-refractivity contribution in [2.45, 2.75) is 6.92 Å². The standard InChI is InChI=1S/C23H31N11O5S/c1-16-25-20(31-22(26-16)33-6-10-38-11-7-33)27-17-3-2-4-18(15-17)28-21-29-19(24-5-14-40(35,36)37)30-23(32-21)34-8-12-39-13-9-34/h2-4,15H,5-14H2,1H3,(H,35,36,37)(H,25,26,27,31)(H2,24,28,29,30,32). The Morgan fingerprint density at radius 1 is 0.800 bits per heavy atom. The highest BCUT2D eigenvalue weighted by Gasteiger charge is 2.18. The van der Waals surface area contributed by atoms with Crippen LogP contribution in [-0.2, 0) is 19.6 Å². The number of benzene rings is 1. The second-order valence-corrected chi connectivity index (χ2v) is 10.6. The Kier molecular flexibility index (Phi) is 8.63. The average molecular weight is 574 g/mol. The fourth-order valence-electron chi connectivity index (χ4n) is 4.06. The first-order valence-electron chi connectivity index (χ1n) is 12.8. The highest BCUT2D eigenvalue weighted by atomic mass is 32.2. The lowest BCUT2D eigenvalue weighted by Gasteiger charge is -2.27. The van der Waals surface area contributed by atoms with E-state index in [2.05, 4.69) is 50.8 Å². The summed E-state index contributed by atoms with van der Waals surface area (Å²) in [6, 6.07) is 7.45. The Balaban J connectivity index is 1.33. The lowest BCUT2D eigenvalue weighted by atomic mass is 10.3. The Hall–Kier alpha value is -3.93. The number of nitrogens with zero attached hydrogens (tertiary/aromatic N) is 8. The summed E-state index contributed by atoms with van der Waals surface area (Å²) in [5, 5.41) is 9.27. The van der Waals surface area contributed by atoms with E-state index >= 15 is 0 Å². The summed E-state index contributed by atoms with van der Waals surface area (Å²) < 4.78 is 42.2. The van der Waals surface area contributed by atoms with Crippen molar-refractivity contribution in [2.24, 2.45) is 0 Å². The first kappa shape index (κ1) is 27.6. The number of rotatable bonds is 10. The molecule has 0 radical (unpaired) electrons. The van der Waals surface area contributed by atoms with E-state index in [1.165, 1.54) is 0 Å². The summed E-state index contributed by atoms with van der Waals surface area (Å²) >= 11 is 0. The molecule has 0 amide bonds. The zero-order valence-electron chi connectivity index (χ0n) is 21.9. The zero-order valence-corrected chi connectivity index (χ0v) is 22.8. The molecule has 0 aliphatic carbocycles. The van der Waals surface area contributed by atoms with Gasteiger partial charge in [0.05, 0.1) is 32.2 Å². The molecular weight excluding hydrogens is 542 g/mol. The molecule has 0 spiro atoms. The smallest absolute Gasteiger partial charge is 0.266 e. The average Bonchev–Trinajstić information content (AvgIpc) is 2.93. The number of aryl methyl sites for hydroxylation is 1. The van der Waals surface area contributed by atoms with E-state index in [1.54, 1.807) is 0 Å². The first-order valence-corrected chi connectivity index (χ1v) is 14.4. The van der Waals surface area contributed by atoms with Gasteiger partial charge in [0.25, 0.3) is 10.1 Å². The van der Waals surface area contributed by atoms with Crippen LogP contribution in [0.2, 0.25) is 0 Å². The molecule has 4 heterocycles. The van der Waals surface area contributed by atoms with Gasteiger partial charge in [-0.3, -0.25) is 4.55 Å². The predicted molar refractivity (Wildman–Crippen MR) is 148 cm³/mol. The second kappa shape index (κ2) is 12.5. The highest BCUT2D eigenvalue weighted by molar-refractivity contribution is 7.85. The van der Waals surface area contributed by atoms with Gasteiger partial charge in [0, 0.05) is 44.1 Å². The molecule has 0 bridgehead atoms. The van der Waals surface area contributed by atoms with Crippen LogP contribution >= 0.6 is 0 Å². The van der Waals surface area contributed by atoms with Crippen molar-refractivity contribution in [1.29, 1.82) is 0 Å². The first-order chi connectivity index (χ1) is 19.3. The lowest BCUT2D eigenvalue weighted by molar-refractivity contribution is 0.122. The van der Waals surface area contributed by atoms with Crippen LogP contribution in [0, 0.1) is 6.92 Å². The van der Waals surface area contributed by atoms with E-state index in [4.69, 9.17) is 14.0 Å². The van der Waals surface area contributed by atoms with Crippen LogP contribution in [-0.4, -0.2) is 108 Å². The van der Waals surface area contributed by atoms with E-state index in [0.717, 1.165) is 5.69 Å². The Morgan fingerprint density at radius 3 is 1.90 bits per heavy atom. The van der Waals surface area contributed by atoms with Crippen molar-refractivity contribution in [1.82, 2.24) is 29.9 Å². The molecule has 2 aromatic heterocycles. The number of anilines is 7.